The van der Waals surface area contributed by atoms with E-state index in [0.717, 1.165) is 22.6 Å². The molecule has 0 spiro atoms. The van der Waals surface area contributed by atoms with Crippen LogP contribution in [0.25, 0.3) is 0 Å². The molecule has 0 amide bonds. The summed E-state index contributed by atoms with van der Waals surface area (Å²) in [6.45, 7) is 2.62. The minimum Gasteiger partial charge on any atom is -0.496 e. The van der Waals surface area contributed by atoms with E-state index in [1.807, 2.05) is 57.4 Å². The molecular weight excluding hydrogens is 354 g/mol. The van der Waals surface area contributed by atoms with Gasteiger partial charge in [0, 0.05) is 22.8 Å². The molecule has 4 nitrogen and oxygen atoms in total. The number of ether oxygens (including phenoxy) is 1. The summed E-state index contributed by atoms with van der Waals surface area (Å²) in [5, 5.41) is 7.72. The lowest BCUT2D eigenvalue weighted by Gasteiger charge is -2.27. The number of likely N-dealkylation sites (N-methyl/N-ethyl adjacent to an activating group) is 1. The summed E-state index contributed by atoms with van der Waals surface area (Å²) in [6.07, 6.45) is 0. The zero-order valence-corrected chi connectivity index (χ0v) is 16.5. The molecule has 25 heavy (non-hydrogen) atoms. The van der Waals surface area contributed by atoms with Crippen LogP contribution < -0.4 is 15.4 Å². The lowest BCUT2D eigenvalue weighted by atomic mass is 10.0. The molecule has 0 unspecified atom stereocenters. The van der Waals surface area contributed by atoms with Crippen molar-refractivity contribution in [3.05, 3.63) is 58.6 Å². The molecule has 0 fully saturated rings. The predicted octanol–water partition coefficient (Wildman–Crippen LogP) is 4.25. The predicted molar refractivity (Wildman–Crippen MR) is 110 cm³/mol. The number of para-hydroxylation sites is 1. The highest BCUT2D eigenvalue weighted by molar-refractivity contribution is 7.80. The Hall–Kier alpha value is -1.82. The van der Waals surface area contributed by atoms with Crippen molar-refractivity contribution in [2.75, 3.05) is 33.1 Å². The molecule has 1 atom stereocenters. The lowest BCUT2D eigenvalue weighted by Crippen LogP contribution is -2.36. The molecule has 0 aliphatic rings. The highest BCUT2D eigenvalue weighted by atomic mass is 35.5. The second-order valence-corrected chi connectivity index (χ2v) is 6.84. The Morgan fingerprint density at radius 3 is 2.60 bits per heavy atom. The van der Waals surface area contributed by atoms with E-state index in [1.165, 1.54) is 0 Å². The summed E-state index contributed by atoms with van der Waals surface area (Å²) in [4.78, 5) is 2.14. The molecule has 2 aromatic rings. The third kappa shape index (κ3) is 5.33. The van der Waals surface area contributed by atoms with E-state index in [4.69, 9.17) is 28.6 Å². The van der Waals surface area contributed by atoms with Crippen LogP contribution in [0.2, 0.25) is 5.02 Å². The zero-order valence-electron chi connectivity index (χ0n) is 15.0. The van der Waals surface area contributed by atoms with Crippen LogP contribution in [0.5, 0.6) is 5.75 Å². The molecule has 2 rings (SSSR count). The fourth-order valence-corrected chi connectivity index (χ4v) is 2.93. The number of nitrogens with one attached hydrogen (secondary N) is 2. The Balaban J connectivity index is 2.03. The van der Waals surface area contributed by atoms with Crippen molar-refractivity contribution >= 4 is 34.6 Å². The van der Waals surface area contributed by atoms with Gasteiger partial charge in [-0.15, -0.1) is 0 Å². The first kappa shape index (κ1) is 19.5. The van der Waals surface area contributed by atoms with Gasteiger partial charge < -0.3 is 20.3 Å². The van der Waals surface area contributed by atoms with Crippen molar-refractivity contribution in [1.82, 2.24) is 10.2 Å². The van der Waals surface area contributed by atoms with Gasteiger partial charge in [-0.1, -0.05) is 35.9 Å². The van der Waals surface area contributed by atoms with Gasteiger partial charge in [0.15, 0.2) is 5.11 Å². The minimum absolute atomic E-state index is 0.123. The van der Waals surface area contributed by atoms with Crippen LogP contribution in [0, 0.1) is 6.92 Å². The van der Waals surface area contributed by atoms with Crippen molar-refractivity contribution in [2.24, 2.45) is 0 Å². The fraction of sp³-hybridized carbons (Fsp3) is 0.316. The average Bonchev–Trinajstić information content (AvgIpc) is 2.58. The quantitative estimate of drug-likeness (QED) is 0.736. The maximum atomic E-state index is 6.16. The maximum absolute atomic E-state index is 6.16. The first-order valence-electron chi connectivity index (χ1n) is 8.02. The summed E-state index contributed by atoms with van der Waals surface area (Å²) < 4.78 is 5.49. The van der Waals surface area contributed by atoms with Gasteiger partial charge >= 0.3 is 0 Å². The standard InChI is InChI=1S/C19H24ClN3OS/c1-13-9-10-14(11-16(13)20)22-19(25)21-12-17(23(2)3)15-7-5-6-8-18(15)24-4/h5-11,17H,12H2,1-4H3,(H2,21,22,25)/t17-/m1/s1. The van der Waals surface area contributed by atoms with Crippen molar-refractivity contribution in [1.29, 1.82) is 0 Å². The highest BCUT2D eigenvalue weighted by Gasteiger charge is 2.18. The number of anilines is 1. The van der Waals surface area contributed by atoms with Crippen LogP contribution in [0.15, 0.2) is 42.5 Å². The molecule has 0 radical (unpaired) electrons. The second-order valence-electron chi connectivity index (χ2n) is 6.02. The van der Waals surface area contributed by atoms with Gasteiger partial charge in [0.1, 0.15) is 5.75 Å². The molecule has 0 aliphatic carbocycles. The second kappa shape index (κ2) is 9.04. The van der Waals surface area contributed by atoms with Gasteiger partial charge in [-0.2, -0.15) is 0 Å². The summed E-state index contributed by atoms with van der Waals surface area (Å²) in [6, 6.07) is 13.9. The number of aryl methyl sites for hydroxylation is 1. The number of halogens is 1. The van der Waals surface area contributed by atoms with Crippen molar-refractivity contribution in [2.45, 2.75) is 13.0 Å². The molecule has 0 bridgehead atoms. The van der Waals surface area contributed by atoms with E-state index in [2.05, 4.69) is 21.6 Å². The molecule has 6 heteroatoms. The molecule has 0 aromatic heterocycles. The monoisotopic (exact) mass is 377 g/mol. The van der Waals surface area contributed by atoms with Crippen LogP contribution in [-0.2, 0) is 0 Å². The first-order chi connectivity index (χ1) is 11.9. The number of rotatable bonds is 6. The van der Waals surface area contributed by atoms with Crippen molar-refractivity contribution in [3.63, 3.8) is 0 Å². The Labute approximate surface area is 160 Å². The average molecular weight is 378 g/mol. The summed E-state index contributed by atoms with van der Waals surface area (Å²) in [5.41, 5.74) is 3.02. The van der Waals surface area contributed by atoms with E-state index >= 15 is 0 Å². The van der Waals surface area contributed by atoms with Crippen LogP contribution in [-0.4, -0.2) is 37.8 Å². The highest BCUT2D eigenvalue weighted by Crippen LogP contribution is 2.27. The summed E-state index contributed by atoms with van der Waals surface area (Å²) >= 11 is 11.6. The van der Waals surface area contributed by atoms with E-state index in [1.54, 1.807) is 7.11 Å². The smallest absolute Gasteiger partial charge is 0.170 e. The fourth-order valence-electron chi connectivity index (χ4n) is 2.55. The largest absolute Gasteiger partial charge is 0.496 e. The Morgan fingerprint density at radius 1 is 1.24 bits per heavy atom. The Kier molecular flexibility index (Phi) is 7.05. The molecule has 0 saturated carbocycles. The molecule has 2 N–H and O–H groups in total. The first-order valence-corrected chi connectivity index (χ1v) is 8.81. The molecular formula is C19H24ClN3OS. The number of methoxy groups -OCH3 is 1. The van der Waals surface area contributed by atoms with Crippen molar-refractivity contribution < 1.29 is 4.74 Å². The molecule has 134 valence electrons. The third-order valence-corrected chi connectivity index (χ3v) is 4.66. The Morgan fingerprint density at radius 2 is 1.96 bits per heavy atom. The number of hydrogen-bond acceptors (Lipinski definition) is 3. The van der Waals surface area contributed by atoms with Gasteiger partial charge in [-0.25, -0.2) is 0 Å². The van der Waals surface area contributed by atoms with E-state index in [9.17, 15) is 0 Å². The van der Waals surface area contributed by atoms with Gasteiger partial charge in [-0.05, 0) is 57.0 Å². The van der Waals surface area contributed by atoms with E-state index < -0.39 is 0 Å². The SMILES string of the molecule is COc1ccccc1[C@@H](CNC(=S)Nc1ccc(C)c(Cl)c1)N(C)C. The van der Waals surface area contributed by atoms with Crippen LogP contribution in [0.1, 0.15) is 17.2 Å². The summed E-state index contributed by atoms with van der Waals surface area (Å²) in [5.74, 6) is 0.868. The number of hydrogen-bond donors (Lipinski definition) is 2. The van der Waals surface area contributed by atoms with Crippen LogP contribution >= 0.6 is 23.8 Å². The molecule has 0 saturated heterocycles. The van der Waals surface area contributed by atoms with E-state index in [-0.39, 0.29) is 6.04 Å². The van der Waals surface area contributed by atoms with Crippen molar-refractivity contribution in [3.8, 4) is 5.75 Å². The van der Waals surface area contributed by atoms with Crippen LogP contribution in [0.4, 0.5) is 5.69 Å². The third-order valence-electron chi connectivity index (χ3n) is 4.01. The normalized spacial score (nSPS) is 11.9. The maximum Gasteiger partial charge on any atom is 0.170 e. The van der Waals surface area contributed by atoms with Gasteiger partial charge in [0.2, 0.25) is 0 Å². The number of nitrogens with zero attached hydrogens (tertiary/aromatic N) is 1. The zero-order chi connectivity index (χ0) is 18.4. The van der Waals surface area contributed by atoms with Crippen LogP contribution in [0.3, 0.4) is 0 Å². The number of thiocarbonyl (C=S) groups is 1. The molecule has 0 heterocycles. The van der Waals surface area contributed by atoms with Gasteiger partial charge in [0.25, 0.3) is 0 Å². The van der Waals surface area contributed by atoms with Gasteiger partial charge in [0.05, 0.1) is 13.2 Å². The Bertz CT molecular complexity index is 736. The topological polar surface area (TPSA) is 36.5 Å². The number of benzene rings is 2. The molecule has 2 aromatic carbocycles. The van der Waals surface area contributed by atoms with E-state index in [0.29, 0.717) is 16.7 Å². The lowest BCUT2D eigenvalue weighted by molar-refractivity contribution is 0.288. The molecule has 0 aliphatic heterocycles. The summed E-state index contributed by atoms with van der Waals surface area (Å²) in [7, 11) is 5.76. The minimum atomic E-state index is 0.123. The van der Waals surface area contributed by atoms with Gasteiger partial charge in [-0.3, -0.25) is 0 Å².